The fourth-order valence-electron chi connectivity index (χ4n) is 2.77. The molecule has 3 rings (SSSR count). The standard InChI is InChI=1S/C18H18N2O/c1-12-8-4-5-9-14(12)17-13(2)18(20(3)19-17)15-10-6-7-11-16(15)21/h4-11,21H,1-3H3. The normalized spacial score (nSPS) is 10.8. The second kappa shape index (κ2) is 5.09. The molecule has 0 saturated heterocycles. The summed E-state index contributed by atoms with van der Waals surface area (Å²) < 4.78 is 1.84. The molecule has 0 atom stereocenters. The monoisotopic (exact) mass is 278 g/mol. The van der Waals surface area contributed by atoms with Gasteiger partial charge in [0.05, 0.1) is 11.4 Å². The van der Waals surface area contributed by atoms with Crippen molar-refractivity contribution in [2.45, 2.75) is 13.8 Å². The van der Waals surface area contributed by atoms with Crippen LogP contribution in [0.25, 0.3) is 22.5 Å². The number of benzene rings is 2. The highest BCUT2D eigenvalue weighted by molar-refractivity contribution is 5.78. The third-order valence-electron chi connectivity index (χ3n) is 3.84. The molecule has 0 radical (unpaired) electrons. The summed E-state index contributed by atoms with van der Waals surface area (Å²) in [5.41, 5.74) is 6.13. The molecule has 0 amide bonds. The average molecular weight is 278 g/mol. The van der Waals surface area contributed by atoms with Crippen LogP contribution in [0.2, 0.25) is 0 Å². The van der Waals surface area contributed by atoms with Crippen molar-refractivity contribution in [3.05, 3.63) is 59.7 Å². The molecule has 0 unspecified atom stereocenters. The Balaban J connectivity index is 2.23. The molecule has 3 heteroatoms. The van der Waals surface area contributed by atoms with Crippen molar-refractivity contribution in [2.24, 2.45) is 7.05 Å². The summed E-state index contributed by atoms with van der Waals surface area (Å²) in [5, 5.41) is 14.8. The predicted octanol–water partition coefficient (Wildman–Crippen LogP) is 4.08. The number of nitrogens with zero attached hydrogens (tertiary/aromatic N) is 2. The molecule has 2 aromatic carbocycles. The second-order valence-corrected chi connectivity index (χ2v) is 5.28. The lowest BCUT2D eigenvalue weighted by molar-refractivity contribution is 0.476. The maximum Gasteiger partial charge on any atom is 0.124 e. The minimum Gasteiger partial charge on any atom is -0.507 e. The molecule has 0 spiro atoms. The Morgan fingerprint density at radius 2 is 1.52 bits per heavy atom. The van der Waals surface area contributed by atoms with E-state index in [4.69, 9.17) is 0 Å². The van der Waals surface area contributed by atoms with Gasteiger partial charge >= 0.3 is 0 Å². The Bertz CT molecular complexity index is 803. The number of aromatic nitrogens is 2. The first-order valence-electron chi connectivity index (χ1n) is 6.97. The van der Waals surface area contributed by atoms with Crippen LogP contribution < -0.4 is 0 Å². The van der Waals surface area contributed by atoms with Gasteiger partial charge in [0, 0.05) is 23.7 Å². The summed E-state index contributed by atoms with van der Waals surface area (Å²) >= 11 is 0. The van der Waals surface area contributed by atoms with Crippen molar-refractivity contribution in [1.29, 1.82) is 0 Å². The van der Waals surface area contributed by atoms with E-state index in [0.717, 1.165) is 28.1 Å². The molecular weight excluding hydrogens is 260 g/mol. The van der Waals surface area contributed by atoms with Crippen LogP contribution in [0.15, 0.2) is 48.5 Å². The largest absolute Gasteiger partial charge is 0.507 e. The molecule has 1 aromatic heterocycles. The van der Waals surface area contributed by atoms with Gasteiger partial charge in [0.25, 0.3) is 0 Å². The highest BCUT2D eigenvalue weighted by Crippen LogP contribution is 2.36. The second-order valence-electron chi connectivity index (χ2n) is 5.28. The third kappa shape index (κ3) is 2.21. The third-order valence-corrected chi connectivity index (χ3v) is 3.84. The predicted molar refractivity (Wildman–Crippen MR) is 85.2 cm³/mol. The molecule has 1 heterocycles. The SMILES string of the molecule is Cc1ccccc1-c1nn(C)c(-c2ccccc2O)c1C. The summed E-state index contributed by atoms with van der Waals surface area (Å²) in [4.78, 5) is 0. The van der Waals surface area contributed by atoms with E-state index in [1.807, 2.05) is 42.1 Å². The van der Waals surface area contributed by atoms with Crippen molar-refractivity contribution < 1.29 is 5.11 Å². The van der Waals surface area contributed by atoms with E-state index < -0.39 is 0 Å². The Kier molecular flexibility index (Phi) is 3.26. The minimum atomic E-state index is 0.278. The molecular formula is C18H18N2O. The Labute approximate surface area is 124 Å². The number of phenols is 1. The summed E-state index contributed by atoms with van der Waals surface area (Å²) in [6, 6.07) is 15.6. The number of aryl methyl sites for hydroxylation is 2. The maximum atomic E-state index is 10.1. The van der Waals surface area contributed by atoms with Crippen molar-refractivity contribution in [3.63, 3.8) is 0 Å². The van der Waals surface area contributed by atoms with Gasteiger partial charge < -0.3 is 5.11 Å². The zero-order chi connectivity index (χ0) is 15.0. The lowest BCUT2D eigenvalue weighted by atomic mass is 9.99. The number of rotatable bonds is 2. The van der Waals surface area contributed by atoms with Crippen LogP contribution in [0.3, 0.4) is 0 Å². The van der Waals surface area contributed by atoms with Crippen LogP contribution in [0.5, 0.6) is 5.75 Å². The molecule has 1 N–H and O–H groups in total. The lowest BCUT2D eigenvalue weighted by Gasteiger charge is -2.06. The van der Waals surface area contributed by atoms with Crippen molar-refractivity contribution in [2.75, 3.05) is 0 Å². The van der Waals surface area contributed by atoms with Gasteiger partial charge in [-0.2, -0.15) is 5.10 Å². The van der Waals surface area contributed by atoms with E-state index in [2.05, 4.69) is 31.1 Å². The molecule has 3 nitrogen and oxygen atoms in total. The maximum absolute atomic E-state index is 10.1. The summed E-state index contributed by atoms with van der Waals surface area (Å²) in [6.45, 7) is 4.14. The fourth-order valence-corrected chi connectivity index (χ4v) is 2.77. The fraction of sp³-hybridized carbons (Fsp3) is 0.167. The molecule has 21 heavy (non-hydrogen) atoms. The molecule has 0 aliphatic rings. The number of hydrogen-bond acceptors (Lipinski definition) is 2. The van der Waals surface area contributed by atoms with Crippen LogP contribution in [-0.2, 0) is 7.05 Å². The molecule has 0 saturated carbocycles. The van der Waals surface area contributed by atoms with E-state index in [1.54, 1.807) is 6.07 Å². The van der Waals surface area contributed by atoms with Gasteiger partial charge in [-0.25, -0.2) is 0 Å². The van der Waals surface area contributed by atoms with E-state index in [1.165, 1.54) is 5.56 Å². The summed E-state index contributed by atoms with van der Waals surface area (Å²) in [7, 11) is 1.91. The average Bonchev–Trinajstić information content (AvgIpc) is 2.75. The van der Waals surface area contributed by atoms with Gasteiger partial charge in [0.2, 0.25) is 0 Å². The zero-order valence-corrected chi connectivity index (χ0v) is 12.5. The van der Waals surface area contributed by atoms with E-state index in [9.17, 15) is 5.11 Å². The molecule has 0 bridgehead atoms. The number of phenolic OH excluding ortho intramolecular Hbond substituents is 1. The van der Waals surface area contributed by atoms with Gasteiger partial charge in [-0.1, -0.05) is 36.4 Å². The number of aromatic hydroxyl groups is 1. The number of para-hydroxylation sites is 1. The summed E-state index contributed by atoms with van der Waals surface area (Å²) in [6.07, 6.45) is 0. The van der Waals surface area contributed by atoms with Crippen LogP contribution in [0, 0.1) is 13.8 Å². The summed E-state index contributed by atoms with van der Waals surface area (Å²) in [5.74, 6) is 0.278. The smallest absolute Gasteiger partial charge is 0.124 e. The van der Waals surface area contributed by atoms with Gasteiger partial charge in [-0.15, -0.1) is 0 Å². The van der Waals surface area contributed by atoms with E-state index in [-0.39, 0.29) is 5.75 Å². The van der Waals surface area contributed by atoms with Gasteiger partial charge in [-0.3, -0.25) is 4.68 Å². The van der Waals surface area contributed by atoms with Crippen LogP contribution >= 0.6 is 0 Å². The minimum absolute atomic E-state index is 0.278. The van der Waals surface area contributed by atoms with E-state index >= 15 is 0 Å². The molecule has 0 fully saturated rings. The first-order valence-corrected chi connectivity index (χ1v) is 6.97. The molecule has 0 aliphatic carbocycles. The van der Waals surface area contributed by atoms with Crippen molar-refractivity contribution >= 4 is 0 Å². The van der Waals surface area contributed by atoms with Gasteiger partial charge in [0.15, 0.2) is 0 Å². The molecule has 3 aromatic rings. The Morgan fingerprint density at radius 1 is 0.905 bits per heavy atom. The van der Waals surface area contributed by atoms with Crippen molar-refractivity contribution in [1.82, 2.24) is 9.78 Å². The quantitative estimate of drug-likeness (QED) is 0.767. The van der Waals surface area contributed by atoms with Crippen LogP contribution in [-0.4, -0.2) is 14.9 Å². The lowest BCUT2D eigenvalue weighted by Crippen LogP contribution is -1.94. The first kappa shape index (κ1) is 13.4. The topological polar surface area (TPSA) is 38.0 Å². The van der Waals surface area contributed by atoms with Gasteiger partial charge in [-0.05, 0) is 31.5 Å². The molecule has 0 aliphatic heterocycles. The van der Waals surface area contributed by atoms with Gasteiger partial charge in [0.1, 0.15) is 5.75 Å². The highest BCUT2D eigenvalue weighted by Gasteiger charge is 2.18. The van der Waals surface area contributed by atoms with Crippen LogP contribution in [0.4, 0.5) is 0 Å². The number of hydrogen-bond donors (Lipinski definition) is 1. The van der Waals surface area contributed by atoms with Crippen molar-refractivity contribution in [3.8, 4) is 28.3 Å². The highest BCUT2D eigenvalue weighted by atomic mass is 16.3. The zero-order valence-electron chi connectivity index (χ0n) is 12.5. The van der Waals surface area contributed by atoms with Crippen LogP contribution in [0.1, 0.15) is 11.1 Å². The van der Waals surface area contributed by atoms with E-state index in [0.29, 0.717) is 0 Å². The first-order chi connectivity index (χ1) is 10.1. The Morgan fingerprint density at radius 3 is 2.19 bits per heavy atom. The molecule has 106 valence electrons. The Hall–Kier alpha value is -2.55.